The lowest BCUT2D eigenvalue weighted by atomic mass is 10.2. The van der Waals surface area contributed by atoms with E-state index in [-0.39, 0.29) is 6.04 Å². The Morgan fingerprint density at radius 1 is 1.80 bits per heavy atom. The number of nitrogens with one attached hydrogen (secondary N) is 1. The first-order valence-electron chi connectivity index (χ1n) is 3.56. The summed E-state index contributed by atoms with van der Waals surface area (Å²) in [5.74, 6) is 2.59. The van der Waals surface area contributed by atoms with Gasteiger partial charge >= 0.3 is 0 Å². The van der Waals surface area contributed by atoms with Crippen molar-refractivity contribution >= 4 is 0 Å². The normalized spacial score (nSPS) is 12.1. The SMILES string of the molecule is C#CC(C)NCC(=C)CC. The molecule has 0 aromatic heterocycles. The van der Waals surface area contributed by atoms with Crippen molar-refractivity contribution in [3.8, 4) is 12.3 Å². The highest BCUT2D eigenvalue weighted by Crippen LogP contribution is 1.93. The van der Waals surface area contributed by atoms with Gasteiger partial charge in [0, 0.05) is 6.54 Å². The van der Waals surface area contributed by atoms with Gasteiger partial charge in [-0.1, -0.05) is 25.0 Å². The van der Waals surface area contributed by atoms with Crippen molar-refractivity contribution < 1.29 is 0 Å². The summed E-state index contributed by atoms with van der Waals surface area (Å²) in [4.78, 5) is 0. The second kappa shape index (κ2) is 5.08. The third-order valence-corrected chi connectivity index (χ3v) is 1.41. The summed E-state index contributed by atoms with van der Waals surface area (Å²) < 4.78 is 0. The van der Waals surface area contributed by atoms with Crippen molar-refractivity contribution in [1.82, 2.24) is 5.32 Å². The molecule has 10 heavy (non-hydrogen) atoms. The van der Waals surface area contributed by atoms with Crippen LogP contribution in [0.1, 0.15) is 20.3 Å². The average Bonchev–Trinajstić information content (AvgIpc) is 1.99. The van der Waals surface area contributed by atoms with Gasteiger partial charge in [-0.05, 0) is 13.3 Å². The van der Waals surface area contributed by atoms with Crippen molar-refractivity contribution in [2.45, 2.75) is 26.3 Å². The van der Waals surface area contributed by atoms with Crippen LogP contribution in [0.2, 0.25) is 0 Å². The highest BCUT2D eigenvalue weighted by Gasteiger charge is 1.94. The van der Waals surface area contributed by atoms with Crippen LogP contribution in [-0.2, 0) is 0 Å². The van der Waals surface area contributed by atoms with Gasteiger partial charge in [0.1, 0.15) is 0 Å². The molecule has 0 aromatic rings. The maximum absolute atomic E-state index is 5.16. The number of rotatable bonds is 4. The molecule has 0 heterocycles. The lowest BCUT2D eigenvalue weighted by Crippen LogP contribution is -2.25. The molecular weight excluding hydrogens is 122 g/mol. The van der Waals surface area contributed by atoms with Crippen LogP contribution in [0.15, 0.2) is 12.2 Å². The van der Waals surface area contributed by atoms with Crippen LogP contribution in [0.4, 0.5) is 0 Å². The van der Waals surface area contributed by atoms with Gasteiger partial charge in [-0.3, -0.25) is 0 Å². The molecule has 0 aliphatic heterocycles. The van der Waals surface area contributed by atoms with Crippen LogP contribution < -0.4 is 5.32 Å². The molecule has 0 bridgehead atoms. The van der Waals surface area contributed by atoms with Crippen molar-refractivity contribution in [2.75, 3.05) is 6.54 Å². The minimum atomic E-state index is 0.156. The summed E-state index contributed by atoms with van der Waals surface area (Å²) in [6, 6.07) is 0.156. The van der Waals surface area contributed by atoms with Gasteiger partial charge in [0.2, 0.25) is 0 Å². The molecule has 56 valence electrons. The first kappa shape index (κ1) is 9.26. The molecule has 0 rings (SSSR count). The lowest BCUT2D eigenvalue weighted by molar-refractivity contribution is 0.679. The Morgan fingerprint density at radius 3 is 2.80 bits per heavy atom. The maximum atomic E-state index is 5.16. The molecule has 0 aromatic carbocycles. The smallest absolute Gasteiger partial charge is 0.0660 e. The molecule has 0 aliphatic carbocycles. The zero-order valence-electron chi connectivity index (χ0n) is 6.78. The maximum Gasteiger partial charge on any atom is 0.0660 e. The number of hydrogen-bond acceptors (Lipinski definition) is 1. The van der Waals surface area contributed by atoms with Crippen molar-refractivity contribution in [1.29, 1.82) is 0 Å². The number of terminal acetylenes is 1. The molecule has 1 nitrogen and oxygen atoms in total. The highest BCUT2D eigenvalue weighted by molar-refractivity contribution is 5.01. The molecule has 1 unspecified atom stereocenters. The van der Waals surface area contributed by atoms with Gasteiger partial charge in [0.25, 0.3) is 0 Å². The summed E-state index contributed by atoms with van der Waals surface area (Å²) in [5, 5.41) is 3.15. The zero-order valence-corrected chi connectivity index (χ0v) is 6.78. The van der Waals surface area contributed by atoms with E-state index in [0.717, 1.165) is 13.0 Å². The topological polar surface area (TPSA) is 12.0 Å². The first-order chi connectivity index (χ1) is 4.70. The van der Waals surface area contributed by atoms with Gasteiger partial charge in [0.15, 0.2) is 0 Å². The Hall–Kier alpha value is -0.740. The quantitative estimate of drug-likeness (QED) is 0.458. The van der Waals surface area contributed by atoms with E-state index in [4.69, 9.17) is 6.42 Å². The summed E-state index contributed by atoms with van der Waals surface area (Å²) in [7, 11) is 0. The Kier molecular flexibility index (Phi) is 4.70. The Labute approximate surface area is 63.5 Å². The molecule has 1 N–H and O–H groups in total. The first-order valence-corrected chi connectivity index (χ1v) is 3.56. The van der Waals surface area contributed by atoms with Crippen molar-refractivity contribution in [3.63, 3.8) is 0 Å². The summed E-state index contributed by atoms with van der Waals surface area (Å²) in [6.45, 7) is 8.73. The van der Waals surface area contributed by atoms with E-state index < -0.39 is 0 Å². The van der Waals surface area contributed by atoms with E-state index in [1.54, 1.807) is 0 Å². The van der Waals surface area contributed by atoms with Crippen molar-refractivity contribution in [3.05, 3.63) is 12.2 Å². The van der Waals surface area contributed by atoms with Crippen LogP contribution in [-0.4, -0.2) is 12.6 Å². The van der Waals surface area contributed by atoms with Gasteiger partial charge < -0.3 is 5.32 Å². The second-order valence-corrected chi connectivity index (χ2v) is 2.37. The van der Waals surface area contributed by atoms with Gasteiger partial charge in [-0.2, -0.15) is 0 Å². The Balaban J connectivity index is 3.37. The van der Waals surface area contributed by atoms with Crippen LogP contribution >= 0.6 is 0 Å². The van der Waals surface area contributed by atoms with Gasteiger partial charge in [-0.15, -0.1) is 6.42 Å². The lowest BCUT2D eigenvalue weighted by Gasteiger charge is -2.07. The molecule has 1 atom stereocenters. The van der Waals surface area contributed by atoms with E-state index in [1.807, 2.05) is 6.92 Å². The van der Waals surface area contributed by atoms with Crippen LogP contribution in [0.5, 0.6) is 0 Å². The minimum Gasteiger partial charge on any atom is -0.300 e. The Morgan fingerprint density at radius 2 is 2.40 bits per heavy atom. The van der Waals surface area contributed by atoms with Crippen LogP contribution in [0.3, 0.4) is 0 Å². The van der Waals surface area contributed by atoms with E-state index in [1.165, 1.54) is 5.57 Å². The second-order valence-electron chi connectivity index (χ2n) is 2.37. The Bertz CT molecular complexity index is 141. The van der Waals surface area contributed by atoms with E-state index in [0.29, 0.717) is 0 Å². The number of hydrogen-bond donors (Lipinski definition) is 1. The predicted molar refractivity (Wildman–Crippen MR) is 45.7 cm³/mol. The molecule has 0 saturated heterocycles. The zero-order chi connectivity index (χ0) is 7.98. The molecule has 0 radical (unpaired) electrons. The summed E-state index contributed by atoms with van der Waals surface area (Å²) in [5.41, 5.74) is 1.20. The van der Waals surface area contributed by atoms with Gasteiger partial charge in [0.05, 0.1) is 6.04 Å². The average molecular weight is 137 g/mol. The largest absolute Gasteiger partial charge is 0.300 e. The van der Waals surface area contributed by atoms with Crippen LogP contribution in [0, 0.1) is 12.3 Å². The van der Waals surface area contributed by atoms with Crippen molar-refractivity contribution in [2.24, 2.45) is 0 Å². The molecule has 0 fully saturated rings. The van der Waals surface area contributed by atoms with Gasteiger partial charge in [-0.25, -0.2) is 0 Å². The molecule has 0 aliphatic rings. The third-order valence-electron chi connectivity index (χ3n) is 1.41. The van der Waals surface area contributed by atoms with E-state index >= 15 is 0 Å². The van der Waals surface area contributed by atoms with Crippen LogP contribution in [0.25, 0.3) is 0 Å². The summed E-state index contributed by atoms with van der Waals surface area (Å²) >= 11 is 0. The highest BCUT2D eigenvalue weighted by atomic mass is 14.9. The molecule has 0 spiro atoms. The van der Waals surface area contributed by atoms with E-state index in [9.17, 15) is 0 Å². The minimum absolute atomic E-state index is 0.156. The molecule has 0 saturated carbocycles. The molecular formula is C9H15N. The monoisotopic (exact) mass is 137 g/mol. The summed E-state index contributed by atoms with van der Waals surface area (Å²) in [6.07, 6.45) is 6.18. The fourth-order valence-electron chi connectivity index (χ4n) is 0.481. The molecule has 1 heteroatoms. The fourth-order valence-corrected chi connectivity index (χ4v) is 0.481. The standard InChI is InChI=1S/C9H15N/c1-5-8(3)7-10-9(4)6-2/h2,9-10H,3,5,7H2,1,4H3. The fraction of sp³-hybridized carbons (Fsp3) is 0.556. The molecule has 0 amide bonds. The predicted octanol–water partition coefficient (Wildman–Crippen LogP) is 1.56. The third kappa shape index (κ3) is 4.17. The van der Waals surface area contributed by atoms with E-state index in [2.05, 4.69) is 24.7 Å².